The number of aromatic amines is 1. The highest BCUT2D eigenvalue weighted by Gasteiger charge is 2.57. The Morgan fingerprint density at radius 1 is 1.32 bits per heavy atom. The lowest BCUT2D eigenvalue weighted by atomic mass is 9.52. The number of aromatic nitrogens is 1. The number of nitrogens with one attached hydrogen (secondary N) is 1. The highest BCUT2D eigenvalue weighted by Crippen LogP contribution is 2.58. The highest BCUT2D eigenvalue weighted by atomic mass is 19.1. The number of likely N-dealkylation sites (tertiary alicyclic amines) is 1. The third-order valence-corrected chi connectivity index (χ3v) is 8.57. The number of hydrogen-bond acceptors (Lipinski definition) is 3. The molecular weight excluding hydrogens is 395 g/mol. The number of piperidine rings is 1. The van der Waals surface area contributed by atoms with E-state index in [0.717, 1.165) is 45.1 Å². The van der Waals surface area contributed by atoms with Crippen LogP contribution in [0, 0.1) is 17.2 Å². The molecule has 2 heterocycles. The van der Waals surface area contributed by atoms with Crippen molar-refractivity contribution in [3.63, 3.8) is 0 Å². The second-order valence-corrected chi connectivity index (χ2v) is 10.9. The molecule has 1 aliphatic heterocycles. The van der Waals surface area contributed by atoms with Crippen molar-refractivity contribution in [3.05, 3.63) is 29.7 Å². The standard InChI is InChI=1S/C25H31FN2O3/c1-14(18-11-27-19-5-6-20(22(26)21(18)19)31-17-3-4-17)23(29)28-12-15-7-8-25(30)10-16(28)9-24(15,2)13-25/h5-6,11,14-17,27,30H,3-4,7-10,12-13H2,1-2H3. The molecular formula is C25H31FN2O3. The van der Waals surface area contributed by atoms with Gasteiger partial charge in [-0.15, -0.1) is 0 Å². The molecule has 6 rings (SSSR count). The molecule has 5 nitrogen and oxygen atoms in total. The third-order valence-electron chi connectivity index (χ3n) is 8.57. The van der Waals surface area contributed by atoms with Gasteiger partial charge in [-0.05, 0) is 80.9 Å². The van der Waals surface area contributed by atoms with Gasteiger partial charge in [0.15, 0.2) is 11.6 Å². The molecule has 1 amide bonds. The maximum Gasteiger partial charge on any atom is 0.230 e. The van der Waals surface area contributed by atoms with Gasteiger partial charge in [-0.3, -0.25) is 4.79 Å². The second-order valence-electron chi connectivity index (χ2n) is 10.9. The van der Waals surface area contributed by atoms with E-state index in [2.05, 4.69) is 11.9 Å². The van der Waals surface area contributed by atoms with Gasteiger partial charge in [0.1, 0.15) is 0 Å². The molecule has 6 heteroatoms. The lowest BCUT2D eigenvalue weighted by Gasteiger charge is -2.61. The van der Waals surface area contributed by atoms with Gasteiger partial charge in [0.05, 0.1) is 17.6 Å². The Morgan fingerprint density at radius 3 is 2.90 bits per heavy atom. The van der Waals surface area contributed by atoms with Gasteiger partial charge in [0.25, 0.3) is 0 Å². The van der Waals surface area contributed by atoms with E-state index in [-0.39, 0.29) is 35.0 Å². The number of carbonyl (C=O) groups excluding carboxylic acids is 1. The van der Waals surface area contributed by atoms with Gasteiger partial charge in [-0.25, -0.2) is 4.39 Å². The summed E-state index contributed by atoms with van der Waals surface area (Å²) in [5.41, 5.74) is 0.857. The number of halogens is 1. The third kappa shape index (κ3) is 3.01. The van der Waals surface area contributed by atoms with Gasteiger partial charge < -0.3 is 19.7 Å². The highest BCUT2D eigenvalue weighted by molar-refractivity contribution is 5.93. The number of H-pyrrole nitrogens is 1. The Bertz CT molecular complexity index is 1060. The summed E-state index contributed by atoms with van der Waals surface area (Å²) in [4.78, 5) is 18.8. The normalized spacial score (nSPS) is 35.4. The van der Waals surface area contributed by atoms with Crippen molar-refractivity contribution < 1.29 is 19.0 Å². The Balaban J connectivity index is 1.31. The van der Waals surface area contributed by atoms with Crippen molar-refractivity contribution in [1.82, 2.24) is 9.88 Å². The molecule has 3 aliphatic carbocycles. The first kappa shape index (κ1) is 19.6. The van der Waals surface area contributed by atoms with E-state index in [1.165, 1.54) is 0 Å². The fourth-order valence-corrected chi connectivity index (χ4v) is 6.79. The summed E-state index contributed by atoms with van der Waals surface area (Å²) in [6, 6.07) is 3.57. The van der Waals surface area contributed by atoms with Crippen LogP contribution in [0.5, 0.6) is 5.75 Å². The van der Waals surface area contributed by atoms with Crippen molar-refractivity contribution in [3.8, 4) is 5.75 Å². The molecule has 1 aromatic carbocycles. The van der Waals surface area contributed by atoms with Gasteiger partial charge in [0.2, 0.25) is 5.91 Å². The number of fused-ring (bicyclic) bond motifs is 3. The fourth-order valence-electron chi connectivity index (χ4n) is 6.79. The minimum absolute atomic E-state index is 0.0389. The zero-order valence-corrected chi connectivity index (χ0v) is 18.3. The first-order chi connectivity index (χ1) is 14.8. The molecule has 4 aliphatic rings. The maximum absolute atomic E-state index is 15.3. The van der Waals surface area contributed by atoms with Crippen LogP contribution in [0.15, 0.2) is 18.3 Å². The Hall–Kier alpha value is -2.08. The molecule has 3 saturated carbocycles. The van der Waals surface area contributed by atoms with Crippen molar-refractivity contribution in [2.75, 3.05) is 6.54 Å². The SMILES string of the molecule is CC(C(=O)N1CC2CCC3(O)CC1CC2(C)C3)c1c[nH]c2ccc(OC3CC3)c(F)c12. The molecule has 3 bridgehead atoms. The van der Waals surface area contributed by atoms with E-state index in [1.54, 1.807) is 12.3 Å². The number of hydrogen-bond donors (Lipinski definition) is 2. The van der Waals surface area contributed by atoms with Crippen LogP contribution < -0.4 is 4.74 Å². The van der Waals surface area contributed by atoms with E-state index in [4.69, 9.17) is 4.74 Å². The molecule has 2 N–H and O–H groups in total. The van der Waals surface area contributed by atoms with Crippen LogP contribution in [0.1, 0.15) is 70.3 Å². The topological polar surface area (TPSA) is 65.6 Å². The molecule has 166 valence electrons. The molecule has 1 saturated heterocycles. The number of aliphatic hydroxyl groups is 1. The summed E-state index contributed by atoms with van der Waals surface area (Å²) < 4.78 is 21.1. The summed E-state index contributed by atoms with van der Waals surface area (Å²) in [5, 5.41) is 11.6. The largest absolute Gasteiger partial charge is 0.487 e. The van der Waals surface area contributed by atoms with Crippen LogP contribution in [0.3, 0.4) is 0 Å². The van der Waals surface area contributed by atoms with E-state index >= 15 is 4.39 Å². The Morgan fingerprint density at radius 2 is 2.13 bits per heavy atom. The smallest absolute Gasteiger partial charge is 0.230 e. The molecule has 5 unspecified atom stereocenters. The van der Waals surface area contributed by atoms with Crippen molar-refractivity contribution in [2.24, 2.45) is 11.3 Å². The van der Waals surface area contributed by atoms with Crippen molar-refractivity contribution in [1.29, 1.82) is 0 Å². The quantitative estimate of drug-likeness (QED) is 0.757. The molecule has 4 fully saturated rings. The number of nitrogens with zero attached hydrogens (tertiary/aromatic N) is 1. The van der Waals surface area contributed by atoms with E-state index in [9.17, 15) is 9.90 Å². The maximum atomic E-state index is 15.3. The fraction of sp³-hybridized carbons (Fsp3) is 0.640. The van der Waals surface area contributed by atoms with Crippen LogP contribution in [-0.2, 0) is 4.79 Å². The summed E-state index contributed by atoms with van der Waals surface area (Å²) in [7, 11) is 0. The van der Waals surface area contributed by atoms with Crippen LogP contribution in [0.2, 0.25) is 0 Å². The molecule has 2 aromatic rings. The Labute approximate surface area is 181 Å². The summed E-state index contributed by atoms with van der Waals surface area (Å²) in [6.07, 6.45) is 8.12. The predicted octanol–water partition coefficient (Wildman–Crippen LogP) is 4.49. The average Bonchev–Trinajstić information content (AvgIpc) is 3.42. The zero-order valence-electron chi connectivity index (χ0n) is 18.3. The monoisotopic (exact) mass is 426 g/mol. The predicted molar refractivity (Wildman–Crippen MR) is 115 cm³/mol. The minimum atomic E-state index is -0.641. The van der Waals surface area contributed by atoms with Gasteiger partial charge in [0, 0.05) is 29.7 Å². The van der Waals surface area contributed by atoms with E-state index in [1.807, 2.05) is 17.9 Å². The van der Waals surface area contributed by atoms with Gasteiger partial charge >= 0.3 is 0 Å². The number of ether oxygens (including phenoxy) is 1. The first-order valence-electron chi connectivity index (χ1n) is 11.8. The van der Waals surface area contributed by atoms with Gasteiger partial charge in [-0.1, -0.05) is 6.92 Å². The van der Waals surface area contributed by atoms with Crippen LogP contribution in [0.4, 0.5) is 4.39 Å². The van der Waals surface area contributed by atoms with E-state index in [0.29, 0.717) is 28.8 Å². The molecule has 0 radical (unpaired) electrons. The molecule has 5 atom stereocenters. The number of benzene rings is 1. The van der Waals surface area contributed by atoms with Crippen molar-refractivity contribution >= 4 is 16.8 Å². The van der Waals surface area contributed by atoms with Crippen LogP contribution in [-0.4, -0.2) is 45.2 Å². The average molecular weight is 427 g/mol. The summed E-state index contributed by atoms with van der Waals surface area (Å²) in [6.45, 7) is 4.92. The lowest BCUT2D eigenvalue weighted by Crippen LogP contribution is -2.64. The first-order valence-corrected chi connectivity index (χ1v) is 11.8. The van der Waals surface area contributed by atoms with Crippen LogP contribution >= 0.6 is 0 Å². The molecule has 31 heavy (non-hydrogen) atoms. The van der Waals surface area contributed by atoms with Crippen molar-refractivity contribution in [2.45, 2.75) is 82.5 Å². The number of rotatable bonds is 4. The summed E-state index contributed by atoms with van der Waals surface area (Å²) in [5.74, 6) is -0.0942. The summed E-state index contributed by atoms with van der Waals surface area (Å²) >= 11 is 0. The van der Waals surface area contributed by atoms with Gasteiger partial charge in [-0.2, -0.15) is 0 Å². The number of amides is 1. The number of carbonyl (C=O) groups is 1. The molecule has 0 spiro atoms. The molecule has 1 aromatic heterocycles. The zero-order chi connectivity index (χ0) is 21.5. The van der Waals surface area contributed by atoms with E-state index < -0.39 is 11.5 Å². The Kier molecular flexibility index (Phi) is 4.09. The second kappa shape index (κ2) is 6.47. The van der Waals surface area contributed by atoms with Crippen LogP contribution in [0.25, 0.3) is 10.9 Å². The lowest BCUT2D eigenvalue weighted by molar-refractivity contribution is -0.178. The minimum Gasteiger partial charge on any atom is -0.487 e.